The molecule has 0 saturated heterocycles. The van der Waals surface area contributed by atoms with Gasteiger partial charge in [0.25, 0.3) is 5.88 Å². The Balaban J connectivity index is 1.46. The lowest BCUT2D eigenvalue weighted by Gasteiger charge is -2.08. The average molecular weight is 333 g/mol. The summed E-state index contributed by atoms with van der Waals surface area (Å²) in [5.74, 6) is 1.34. The molecule has 0 fully saturated rings. The van der Waals surface area contributed by atoms with Crippen LogP contribution in [0.5, 0.6) is 11.6 Å². The van der Waals surface area contributed by atoms with Crippen molar-refractivity contribution in [2.24, 2.45) is 5.73 Å². The number of nitrogens with one attached hydrogen (secondary N) is 3. The van der Waals surface area contributed by atoms with Crippen LogP contribution in [0.4, 0.5) is 0 Å². The number of hydrogen-bond donors (Lipinski definition) is 5. The van der Waals surface area contributed by atoms with E-state index >= 15 is 0 Å². The predicted molar refractivity (Wildman–Crippen MR) is 90.3 cm³/mol. The summed E-state index contributed by atoms with van der Waals surface area (Å²) in [4.78, 5) is 0. The molecule has 0 spiro atoms. The van der Waals surface area contributed by atoms with Crippen LogP contribution >= 0.6 is 0 Å². The Morgan fingerprint density at radius 2 is 1.96 bits per heavy atom. The molecule has 2 rings (SSSR count). The van der Waals surface area contributed by atoms with Crippen LogP contribution in [0.25, 0.3) is 0 Å². The fourth-order valence-corrected chi connectivity index (χ4v) is 2.02. The quantitative estimate of drug-likeness (QED) is 0.234. The number of rotatable bonds is 11. The molecule has 24 heavy (non-hydrogen) atoms. The van der Waals surface area contributed by atoms with E-state index in [9.17, 15) is 0 Å². The van der Waals surface area contributed by atoms with E-state index < -0.39 is 0 Å². The summed E-state index contributed by atoms with van der Waals surface area (Å²) in [6.45, 7) is 3.63. The zero-order chi connectivity index (χ0) is 17.2. The second-order valence-corrected chi connectivity index (χ2v) is 5.22. The molecule has 0 aliphatic rings. The van der Waals surface area contributed by atoms with Crippen molar-refractivity contribution in [3.63, 3.8) is 0 Å². The Morgan fingerprint density at radius 3 is 2.62 bits per heavy atom. The molecule has 0 aliphatic heterocycles. The van der Waals surface area contributed by atoms with Gasteiger partial charge in [-0.1, -0.05) is 0 Å². The van der Waals surface area contributed by atoms with Gasteiger partial charge >= 0.3 is 0 Å². The van der Waals surface area contributed by atoms with Crippen LogP contribution in [0.3, 0.4) is 0 Å². The maximum absolute atomic E-state index is 9.02. The van der Waals surface area contributed by atoms with E-state index in [0.717, 1.165) is 31.8 Å². The van der Waals surface area contributed by atoms with Crippen LogP contribution in [0.1, 0.15) is 17.7 Å². The summed E-state index contributed by atoms with van der Waals surface area (Å²) >= 11 is 0. The SMILES string of the molecule is N=C(N)c1ccc(OCCCNCCNCc2cc(O)no2)cc1. The van der Waals surface area contributed by atoms with Gasteiger partial charge in [-0.3, -0.25) is 5.41 Å². The number of nitrogens with two attached hydrogens (primary N) is 1. The van der Waals surface area contributed by atoms with Gasteiger partial charge in [-0.15, -0.1) is 0 Å². The number of nitrogens with zero attached hydrogens (tertiary/aromatic N) is 1. The van der Waals surface area contributed by atoms with E-state index in [2.05, 4.69) is 15.8 Å². The minimum atomic E-state index is -0.0964. The van der Waals surface area contributed by atoms with Crippen LogP contribution < -0.4 is 21.1 Å². The summed E-state index contributed by atoms with van der Waals surface area (Å²) in [5.41, 5.74) is 6.09. The van der Waals surface area contributed by atoms with E-state index in [1.165, 1.54) is 6.07 Å². The van der Waals surface area contributed by atoms with Gasteiger partial charge in [0.1, 0.15) is 11.6 Å². The van der Waals surface area contributed by atoms with Crippen LogP contribution in [-0.2, 0) is 6.54 Å². The van der Waals surface area contributed by atoms with E-state index in [4.69, 9.17) is 25.5 Å². The molecule has 8 nitrogen and oxygen atoms in total. The van der Waals surface area contributed by atoms with Gasteiger partial charge in [-0.05, 0) is 42.4 Å². The van der Waals surface area contributed by atoms with Gasteiger partial charge in [0.15, 0.2) is 5.76 Å². The topological polar surface area (TPSA) is 129 Å². The van der Waals surface area contributed by atoms with Crippen LogP contribution in [0, 0.1) is 5.41 Å². The molecule has 0 atom stereocenters. The molecule has 0 unspecified atom stereocenters. The summed E-state index contributed by atoms with van der Waals surface area (Å²) in [5, 5.41) is 26.2. The van der Waals surface area contributed by atoms with Crippen molar-refractivity contribution < 1.29 is 14.4 Å². The van der Waals surface area contributed by atoms with Crippen molar-refractivity contribution in [1.29, 1.82) is 5.41 Å². The van der Waals surface area contributed by atoms with Crippen molar-refractivity contribution >= 4 is 5.84 Å². The third-order valence-corrected chi connectivity index (χ3v) is 3.26. The molecule has 130 valence electrons. The molecule has 1 aromatic heterocycles. The minimum absolute atomic E-state index is 0.0551. The van der Waals surface area contributed by atoms with Crippen molar-refractivity contribution in [1.82, 2.24) is 15.8 Å². The Labute approximate surface area is 140 Å². The van der Waals surface area contributed by atoms with Crippen molar-refractivity contribution in [2.45, 2.75) is 13.0 Å². The first-order valence-corrected chi connectivity index (χ1v) is 7.78. The van der Waals surface area contributed by atoms with E-state index in [-0.39, 0.29) is 11.7 Å². The molecule has 1 aromatic carbocycles. The number of amidine groups is 1. The fourth-order valence-electron chi connectivity index (χ4n) is 2.02. The van der Waals surface area contributed by atoms with Crippen LogP contribution in [-0.4, -0.2) is 42.3 Å². The lowest BCUT2D eigenvalue weighted by atomic mass is 10.2. The van der Waals surface area contributed by atoms with E-state index in [1.54, 1.807) is 12.1 Å². The highest BCUT2D eigenvalue weighted by molar-refractivity contribution is 5.94. The zero-order valence-electron chi connectivity index (χ0n) is 13.4. The van der Waals surface area contributed by atoms with Crippen molar-refractivity contribution in [3.8, 4) is 11.6 Å². The van der Waals surface area contributed by atoms with Crippen LogP contribution in [0.15, 0.2) is 34.9 Å². The van der Waals surface area contributed by atoms with Gasteiger partial charge in [0.05, 0.1) is 13.2 Å². The van der Waals surface area contributed by atoms with Crippen molar-refractivity contribution in [3.05, 3.63) is 41.7 Å². The highest BCUT2D eigenvalue weighted by Gasteiger charge is 2.01. The molecule has 1 heterocycles. The molecule has 0 aliphatic carbocycles. The molecule has 2 aromatic rings. The first-order valence-electron chi connectivity index (χ1n) is 7.78. The van der Waals surface area contributed by atoms with Crippen molar-refractivity contribution in [2.75, 3.05) is 26.2 Å². The Bertz CT molecular complexity index is 627. The van der Waals surface area contributed by atoms with Gasteiger partial charge < -0.3 is 30.7 Å². The lowest BCUT2D eigenvalue weighted by molar-refractivity contribution is 0.308. The highest BCUT2D eigenvalue weighted by Crippen LogP contribution is 2.11. The summed E-state index contributed by atoms with van der Waals surface area (Å²) in [6.07, 6.45) is 0.893. The number of aromatic hydroxyl groups is 1. The second kappa shape index (κ2) is 9.53. The van der Waals surface area contributed by atoms with E-state index in [1.807, 2.05) is 12.1 Å². The average Bonchev–Trinajstić information content (AvgIpc) is 2.99. The number of benzene rings is 1. The first kappa shape index (κ1) is 17.8. The maximum atomic E-state index is 9.02. The Kier molecular flexibility index (Phi) is 7.06. The third kappa shape index (κ3) is 6.27. The first-order chi connectivity index (χ1) is 11.6. The second-order valence-electron chi connectivity index (χ2n) is 5.22. The van der Waals surface area contributed by atoms with Gasteiger partial charge in [-0.2, -0.15) is 0 Å². The number of hydrogen-bond acceptors (Lipinski definition) is 7. The molecule has 0 amide bonds. The summed E-state index contributed by atoms with van der Waals surface area (Å²) < 4.78 is 10.5. The Hall–Kier alpha value is -2.58. The standard InChI is InChI=1S/C16H23N5O3/c17-16(18)12-2-4-13(5-3-12)23-9-1-6-19-7-8-20-11-14-10-15(22)21-24-14/h2-5,10,19-20H,1,6-9,11H2,(H3,17,18)(H,21,22). The van der Waals surface area contributed by atoms with Crippen LogP contribution in [0.2, 0.25) is 0 Å². The third-order valence-electron chi connectivity index (χ3n) is 3.26. The molecule has 8 heteroatoms. The molecule has 0 bridgehead atoms. The normalized spacial score (nSPS) is 10.7. The zero-order valence-corrected chi connectivity index (χ0v) is 13.4. The monoisotopic (exact) mass is 333 g/mol. The molecular weight excluding hydrogens is 310 g/mol. The smallest absolute Gasteiger partial charge is 0.251 e. The summed E-state index contributed by atoms with van der Waals surface area (Å²) in [7, 11) is 0. The predicted octanol–water partition coefficient (Wildman–Crippen LogP) is 0.813. The van der Waals surface area contributed by atoms with E-state index in [0.29, 0.717) is 24.5 Å². The molecule has 0 saturated carbocycles. The Morgan fingerprint density at radius 1 is 1.21 bits per heavy atom. The largest absolute Gasteiger partial charge is 0.494 e. The maximum Gasteiger partial charge on any atom is 0.251 e. The summed E-state index contributed by atoms with van der Waals surface area (Å²) in [6, 6.07) is 8.66. The lowest BCUT2D eigenvalue weighted by Crippen LogP contribution is -2.28. The molecular formula is C16H23N5O3. The fraction of sp³-hybridized carbons (Fsp3) is 0.375. The number of aromatic nitrogens is 1. The van der Waals surface area contributed by atoms with Gasteiger partial charge in [0, 0.05) is 24.7 Å². The van der Waals surface area contributed by atoms with Gasteiger partial charge in [-0.25, -0.2) is 0 Å². The molecule has 6 N–H and O–H groups in total. The number of ether oxygens (including phenoxy) is 1. The highest BCUT2D eigenvalue weighted by atomic mass is 16.5. The minimum Gasteiger partial charge on any atom is -0.494 e. The van der Waals surface area contributed by atoms with Gasteiger partial charge in [0.2, 0.25) is 0 Å². The molecule has 0 radical (unpaired) electrons. The number of nitrogen functional groups attached to an aromatic ring is 1.